The Labute approximate surface area is 160 Å². The van der Waals surface area contributed by atoms with Crippen LogP contribution in [0.3, 0.4) is 0 Å². The van der Waals surface area contributed by atoms with E-state index in [0.717, 1.165) is 0 Å². The molecule has 0 unspecified atom stereocenters. The van der Waals surface area contributed by atoms with Gasteiger partial charge in [-0.2, -0.15) is 0 Å². The summed E-state index contributed by atoms with van der Waals surface area (Å²) in [6.45, 7) is 9.26. The Morgan fingerprint density at radius 2 is 1.93 bits per heavy atom. The molecule has 3 rings (SSSR count). The zero-order chi connectivity index (χ0) is 20.3. The van der Waals surface area contributed by atoms with E-state index in [4.69, 9.17) is 9.47 Å². The lowest BCUT2D eigenvalue weighted by molar-refractivity contribution is -0.154. The van der Waals surface area contributed by atoms with Gasteiger partial charge < -0.3 is 14.6 Å². The highest BCUT2D eigenvalue weighted by atomic mass is 16.6. The third-order valence-electron chi connectivity index (χ3n) is 6.26. The molecular formula is C20H31NO6. The van der Waals surface area contributed by atoms with Crippen LogP contribution in [0.25, 0.3) is 0 Å². The summed E-state index contributed by atoms with van der Waals surface area (Å²) in [5.74, 6) is -0.0128. The first-order valence-electron chi connectivity index (χ1n) is 9.73. The third-order valence-corrected chi connectivity index (χ3v) is 6.26. The molecule has 2 aliphatic carbocycles. The van der Waals surface area contributed by atoms with Gasteiger partial charge in [0, 0.05) is 19.3 Å². The van der Waals surface area contributed by atoms with Crippen LogP contribution in [0.5, 0.6) is 0 Å². The predicted molar refractivity (Wildman–Crippen MR) is 97.0 cm³/mol. The van der Waals surface area contributed by atoms with Crippen molar-refractivity contribution in [3.63, 3.8) is 0 Å². The fraction of sp³-hybridized carbons (Fsp3) is 0.850. The monoisotopic (exact) mass is 381 g/mol. The zero-order valence-electron chi connectivity index (χ0n) is 17.0. The van der Waals surface area contributed by atoms with Crippen molar-refractivity contribution in [1.29, 1.82) is 0 Å². The van der Waals surface area contributed by atoms with Crippen LogP contribution >= 0.6 is 0 Å². The Balaban J connectivity index is 1.89. The molecule has 0 aromatic heterocycles. The lowest BCUT2D eigenvalue weighted by atomic mass is 9.61. The highest BCUT2D eigenvalue weighted by Crippen LogP contribution is 2.56. The summed E-state index contributed by atoms with van der Waals surface area (Å²) in [5.41, 5.74) is -3.82. The van der Waals surface area contributed by atoms with Gasteiger partial charge in [-0.05, 0) is 53.9 Å². The number of ketones is 2. The molecule has 1 aliphatic heterocycles. The fourth-order valence-corrected chi connectivity index (χ4v) is 4.98. The average Bonchev–Trinajstić information content (AvgIpc) is 2.93. The predicted octanol–water partition coefficient (Wildman–Crippen LogP) is 2.58. The molecule has 0 aromatic carbocycles. The van der Waals surface area contributed by atoms with Crippen molar-refractivity contribution in [2.75, 3.05) is 6.61 Å². The highest BCUT2D eigenvalue weighted by Gasteiger charge is 2.63. The van der Waals surface area contributed by atoms with Crippen LogP contribution in [0.2, 0.25) is 0 Å². The van der Waals surface area contributed by atoms with Crippen molar-refractivity contribution in [1.82, 2.24) is 4.90 Å². The summed E-state index contributed by atoms with van der Waals surface area (Å²) in [6.07, 6.45) is 1.01. The van der Waals surface area contributed by atoms with E-state index in [1.165, 1.54) is 0 Å². The molecule has 3 fully saturated rings. The lowest BCUT2D eigenvalue weighted by Gasteiger charge is -2.46. The van der Waals surface area contributed by atoms with E-state index < -0.39 is 34.5 Å². The molecule has 3 atom stereocenters. The SMILES string of the molecule is CC(C)(C)OC(=O)N1[C@H](C[C@]23CCC(=O)C[C@@]2(O)CCC3=O)COC1(C)C. The van der Waals surface area contributed by atoms with Crippen LogP contribution in [0, 0.1) is 5.41 Å². The molecule has 7 heteroatoms. The van der Waals surface area contributed by atoms with Crippen LogP contribution in [0.1, 0.15) is 73.1 Å². The molecule has 3 aliphatic rings. The smallest absolute Gasteiger partial charge is 0.412 e. The summed E-state index contributed by atoms with van der Waals surface area (Å²) < 4.78 is 11.4. The normalized spacial score (nSPS) is 36.1. The lowest BCUT2D eigenvalue weighted by Crippen LogP contribution is -2.57. The van der Waals surface area contributed by atoms with E-state index in [2.05, 4.69) is 0 Å². The summed E-state index contributed by atoms with van der Waals surface area (Å²) in [4.78, 5) is 39.2. The Bertz CT molecular complexity index is 666. The number of hydrogen-bond donors (Lipinski definition) is 1. The number of carbonyl (C=O) groups is 3. The van der Waals surface area contributed by atoms with Gasteiger partial charge in [0.2, 0.25) is 0 Å². The van der Waals surface area contributed by atoms with E-state index in [1.54, 1.807) is 39.5 Å². The van der Waals surface area contributed by atoms with Gasteiger partial charge in [0.15, 0.2) is 0 Å². The van der Waals surface area contributed by atoms with Crippen molar-refractivity contribution in [3.05, 3.63) is 0 Å². The Hall–Kier alpha value is -1.47. The quantitative estimate of drug-likeness (QED) is 0.790. The maximum Gasteiger partial charge on any atom is 0.412 e. The molecule has 1 heterocycles. The van der Waals surface area contributed by atoms with Crippen molar-refractivity contribution in [2.24, 2.45) is 5.41 Å². The van der Waals surface area contributed by atoms with Gasteiger partial charge in [-0.15, -0.1) is 0 Å². The molecule has 7 nitrogen and oxygen atoms in total. The van der Waals surface area contributed by atoms with E-state index in [-0.39, 0.29) is 43.9 Å². The van der Waals surface area contributed by atoms with Gasteiger partial charge in [0.1, 0.15) is 22.9 Å². The molecule has 1 amide bonds. The first-order valence-corrected chi connectivity index (χ1v) is 9.73. The van der Waals surface area contributed by atoms with Crippen LogP contribution in [0.15, 0.2) is 0 Å². The van der Waals surface area contributed by atoms with Crippen molar-refractivity contribution in [3.8, 4) is 0 Å². The number of rotatable bonds is 2. The summed E-state index contributed by atoms with van der Waals surface area (Å²) in [5, 5.41) is 11.2. The molecular weight excluding hydrogens is 350 g/mol. The molecule has 2 saturated carbocycles. The second-order valence-corrected chi connectivity index (χ2v) is 9.72. The number of amides is 1. The molecule has 0 aromatic rings. The fourth-order valence-electron chi connectivity index (χ4n) is 4.98. The first kappa shape index (κ1) is 20.3. The van der Waals surface area contributed by atoms with Gasteiger partial charge in [-0.1, -0.05) is 0 Å². The molecule has 1 saturated heterocycles. The van der Waals surface area contributed by atoms with E-state index in [0.29, 0.717) is 12.8 Å². The minimum Gasteiger partial charge on any atom is -0.444 e. The van der Waals surface area contributed by atoms with E-state index >= 15 is 0 Å². The van der Waals surface area contributed by atoms with Crippen molar-refractivity contribution in [2.45, 2.75) is 96.1 Å². The van der Waals surface area contributed by atoms with E-state index in [9.17, 15) is 19.5 Å². The number of carbonyl (C=O) groups excluding carboxylic acids is 3. The minimum atomic E-state index is -1.31. The second kappa shape index (κ2) is 6.27. The van der Waals surface area contributed by atoms with Gasteiger partial charge in [0.05, 0.1) is 23.7 Å². The second-order valence-electron chi connectivity index (χ2n) is 9.72. The number of fused-ring (bicyclic) bond motifs is 1. The number of hydrogen-bond acceptors (Lipinski definition) is 6. The van der Waals surface area contributed by atoms with E-state index in [1.807, 2.05) is 0 Å². The summed E-state index contributed by atoms with van der Waals surface area (Å²) in [7, 11) is 0. The number of nitrogens with zero attached hydrogens (tertiary/aromatic N) is 1. The zero-order valence-corrected chi connectivity index (χ0v) is 17.0. The number of Topliss-reactive ketones (excluding diaryl/α,β-unsaturated/α-hetero) is 2. The van der Waals surface area contributed by atoms with Gasteiger partial charge in [0.25, 0.3) is 0 Å². The minimum absolute atomic E-state index is 0.00479. The topological polar surface area (TPSA) is 93.1 Å². The standard InChI is InChI=1S/C20H31NO6/c1-17(2,3)27-16(24)21-13(12-26-18(21,4)5)10-19-8-6-14(22)11-20(19,25)9-7-15(19)23/h13,25H,6-12H2,1-5H3/t13-,19+,20+/m1/s1. The molecule has 0 radical (unpaired) electrons. The average molecular weight is 381 g/mol. The molecule has 152 valence electrons. The van der Waals surface area contributed by atoms with Gasteiger partial charge >= 0.3 is 6.09 Å². The number of ether oxygens (including phenoxy) is 2. The summed E-state index contributed by atoms with van der Waals surface area (Å²) >= 11 is 0. The van der Waals surface area contributed by atoms with Gasteiger partial charge in [-0.25, -0.2) is 4.79 Å². The van der Waals surface area contributed by atoms with Gasteiger partial charge in [-0.3, -0.25) is 14.5 Å². The maximum absolute atomic E-state index is 12.9. The number of aliphatic hydroxyl groups is 1. The van der Waals surface area contributed by atoms with Crippen LogP contribution in [-0.4, -0.2) is 57.2 Å². The van der Waals surface area contributed by atoms with Crippen molar-refractivity contribution >= 4 is 17.7 Å². The first-order chi connectivity index (χ1) is 12.3. The maximum atomic E-state index is 12.9. The molecule has 0 spiro atoms. The van der Waals surface area contributed by atoms with Crippen molar-refractivity contribution < 1.29 is 29.0 Å². The Morgan fingerprint density at radius 3 is 2.56 bits per heavy atom. The molecule has 1 N–H and O–H groups in total. The van der Waals surface area contributed by atoms with Crippen LogP contribution < -0.4 is 0 Å². The Kier molecular flexibility index (Phi) is 4.71. The molecule has 27 heavy (non-hydrogen) atoms. The molecule has 0 bridgehead atoms. The van der Waals surface area contributed by atoms with Crippen LogP contribution in [0.4, 0.5) is 4.79 Å². The summed E-state index contributed by atoms with van der Waals surface area (Å²) in [6, 6.07) is -0.392. The largest absolute Gasteiger partial charge is 0.444 e. The third kappa shape index (κ3) is 3.40. The highest BCUT2D eigenvalue weighted by molar-refractivity contribution is 5.93. The Morgan fingerprint density at radius 1 is 1.26 bits per heavy atom. The van der Waals surface area contributed by atoms with Crippen LogP contribution in [-0.2, 0) is 19.1 Å².